The van der Waals surface area contributed by atoms with Crippen LogP contribution in [-0.2, 0) is 6.54 Å². The van der Waals surface area contributed by atoms with E-state index < -0.39 is 0 Å². The molecule has 1 N–H and O–H groups in total. The monoisotopic (exact) mass is 285 g/mol. The molecule has 0 spiro atoms. The average Bonchev–Trinajstić information content (AvgIpc) is 2.96. The fourth-order valence-corrected chi connectivity index (χ4v) is 1.91. The molecule has 0 bridgehead atoms. The predicted octanol–water partition coefficient (Wildman–Crippen LogP) is 4.00. The van der Waals surface area contributed by atoms with Crippen LogP contribution >= 0.6 is 11.6 Å². The van der Waals surface area contributed by atoms with Crippen molar-refractivity contribution in [3.8, 4) is 11.4 Å². The molecule has 0 aliphatic heterocycles. The Balaban J connectivity index is 1.69. The van der Waals surface area contributed by atoms with Crippen molar-refractivity contribution in [3.63, 3.8) is 0 Å². The molecule has 3 rings (SSSR count). The molecule has 0 fully saturated rings. The molecule has 0 aliphatic carbocycles. The van der Waals surface area contributed by atoms with Crippen molar-refractivity contribution in [1.29, 1.82) is 0 Å². The first-order valence-corrected chi connectivity index (χ1v) is 6.56. The number of rotatable bonds is 4. The molecule has 1 heterocycles. The minimum absolute atomic E-state index is 0.402. The normalized spacial score (nSPS) is 10.4. The van der Waals surface area contributed by atoms with Crippen LogP contribution in [0.4, 0.5) is 6.01 Å². The second kappa shape index (κ2) is 5.75. The second-order valence-corrected chi connectivity index (χ2v) is 4.71. The van der Waals surface area contributed by atoms with Crippen LogP contribution in [0.1, 0.15) is 5.56 Å². The van der Waals surface area contributed by atoms with Crippen LogP contribution in [0, 0.1) is 0 Å². The molecule has 0 atom stereocenters. The Hall–Kier alpha value is -2.33. The van der Waals surface area contributed by atoms with E-state index in [2.05, 4.69) is 15.5 Å². The number of benzene rings is 2. The Kier molecular flexibility index (Phi) is 3.65. The van der Waals surface area contributed by atoms with Gasteiger partial charge in [-0.1, -0.05) is 47.1 Å². The topological polar surface area (TPSA) is 51.0 Å². The molecule has 20 heavy (non-hydrogen) atoms. The Morgan fingerprint density at radius 2 is 1.75 bits per heavy atom. The first-order valence-electron chi connectivity index (χ1n) is 6.19. The summed E-state index contributed by atoms with van der Waals surface area (Å²) in [6.07, 6.45) is 0. The van der Waals surface area contributed by atoms with E-state index in [-0.39, 0.29) is 0 Å². The Morgan fingerprint density at radius 1 is 1.00 bits per heavy atom. The Bertz CT molecular complexity index is 680. The van der Waals surface area contributed by atoms with E-state index in [1.165, 1.54) is 0 Å². The third kappa shape index (κ3) is 2.97. The molecular weight excluding hydrogens is 274 g/mol. The highest BCUT2D eigenvalue weighted by Crippen LogP contribution is 2.20. The van der Waals surface area contributed by atoms with Crippen LogP contribution in [0.2, 0.25) is 5.02 Å². The summed E-state index contributed by atoms with van der Waals surface area (Å²) >= 11 is 5.85. The number of halogens is 1. The lowest BCUT2D eigenvalue weighted by Gasteiger charge is -1.99. The van der Waals surface area contributed by atoms with E-state index in [0.717, 1.165) is 11.1 Å². The second-order valence-electron chi connectivity index (χ2n) is 4.27. The van der Waals surface area contributed by atoms with Crippen LogP contribution in [0.5, 0.6) is 0 Å². The summed E-state index contributed by atoms with van der Waals surface area (Å²) < 4.78 is 5.17. The summed E-state index contributed by atoms with van der Waals surface area (Å²) in [5, 5.41) is 7.71. The van der Waals surface area contributed by atoms with Gasteiger partial charge in [0.2, 0.25) is 5.82 Å². The molecule has 2 aromatic carbocycles. The van der Waals surface area contributed by atoms with Gasteiger partial charge in [0.15, 0.2) is 0 Å². The van der Waals surface area contributed by atoms with E-state index in [9.17, 15) is 0 Å². The predicted molar refractivity (Wildman–Crippen MR) is 78.5 cm³/mol. The summed E-state index contributed by atoms with van der Waals surface area (Å²) in [5.41, 5.74) is 2.02. The molecule has 4 nitrogen and oxygen atoms in total. The first kappa shape index (κ1) is 12.7. The van der Waals surface area contributed by atoms with Crippen molar-refractivity contribution in [2.75, 3.05) is 5.32 Å². The van der Waals surface area contributed by atoms with Crippen molar-refractivity contribution < 1.29 is 4.52 Å². The lowest BCUT2D eigenvalue weighted by Crippen LogP contribution is -1.99. The summed E-state index contributed by atoms with van der Waals surface area (Å²) in [6, 6.07) is 17.7. The Morgan fingerprint density at radius 3 is 2.50 bits per heavy atom. The van der Waals surface area contributed by atoms with Gasteiger partial charge in [-0.15, -0.1) is 0 Å². The van der Waals surface area contributed by atoms with E-state index in [1.54, 1.807) is 12.1 Å². The summed E-state index contributed by atoms with van der Waals surface area (Å²) in [5.74, 6) is 0.539. The molecule has 5 heteroatoms. The maximum atomic E-state index is 5.85. The molecule has 0 saturated heterocycles. The summed E-state index contributed by atoms with van der Waals surface area (Å²) in [4.78, 5) is 4.29. The Labute approximate surface area is 121 Å². The molecule has 0 unspecified atom stereocenters. The van der Waals surface area contributed by atoms with Gasteiger partial charge in [-0.2, -0.15) is 4.98 Å². The maximum absolute atomic E-state index is 5.85. The molecule has 0 radical (unpaired) electrons. The molecule has 0 aliphatic rings. The van der Waals surface area contributed by atoms with Crippen LogP contribution in [0.25, 0.3) is 11.4 Å². The third-order valence-electron chi connectivity index (χ3n) is 2.82. The highest BCUT2D eigenvalue weighted by Gasteiger charge is 2.07. The van der Waals surface area contributed by atoms with Crippen LogP contribution < -0.4 is 5.32 Å². The zero-order chi connectivity index (χ0) is 13.8. The molecular formula is C15H12ClN3O. The van der Waals surface area contributed by atoms with Crippen molar-refractivity contribution >= 4 is 17.6 Å². The van der Waals surface area contributed by atoms with Gasteiger partial charge >= 0.3 is 6.01 Å². The molecule has 0 saturated carbocycles. The van der Waals surface area contributed by atoms with Crippen LogP contribution in [-0.4, -0.2) is 10.1 Å². The summed E-state index contributed by atoms with van der Waals surface area (Å²) in [6.45, 7) is 0.642. The van der Waals surface area contributed by atoms with Gasteiger partial charge in [0.1, 0.15) is 0 Å². The van der Waals surface area contributed by atoms with Crippen molar-refractivity contribution in [2.24, 2.45) is 0 Å². The first-order chi connectivity index (χ1) is 9.81. The van der Waals surface area contributed by atoms with Gasteiger partial charge in [0.25, 0.3) is 0 Å². The largest absolute Gasteiger partial charge is 0.334 e. The quantitative estimate of drug-likeness (QED) is 0.787. The molecule has 100 valence electrons. The smallest absolute Gasteiger partial charge is 0.322 e. The molecule has 0 amide bonds. The standard InChI is InChI=1S/C15H12ClN3O/c16-13-8-6-12(7-9-13)14-18-15(20-19-14)17-10-11-4-2-1-3-5-11/h1-9H,10H2,(H,17,18,19). The van der Waals surface area contributed by atoms with Gasteiger partial charge in [-0.25, -0.2) is 0 Å². The zero-order valence-electron chi connectivity index (χ0n) is 10.6. The van der Waals surface area contributed by atoms with Gasteiger partial charge in [-0.05, 0) is 29.8 Å². The number of hydrogen-bond acceptors (Lipinski definition) is 4. The fraction of sp³-hybridized carbons (Fsp3) is 0.0667. The van der Waals surface area contributed by atoms with Crippen molar-refractivity contribution in [1.82, 2.24) is 10.1 Å². The highest BCUT2D eigenvalue weighted by molar-refractivity contribution is 6.30. The van der Waals surface area contributed by atoms with E-state index in [4.69, 9.17) is 16.1 Å². The molecule has 3 aromatic rings. The van der Waals surface area contributed by atoms with Crippen LogP contribution in [0.15, 0.2) is 59.1 Å². The maximum Gasteiger partial charge on any atom is 0.322 e. The zero-order valence-corrected chi connectivity index (χ0v) is 11.3. The number of nitrogens with one attached hydrogen (secondary N) is 1. The van der Waals surface area contributed by atoms with Crippen molar-refractivity contribution in [3.05, 3.63) is 65.2 Å². The minimum Gasteiger partial charge on any atom is -0.334 e. The van der Waals surface area contributed by atoms with E-state index in [0.29, 0.717) is 23.4 Å². The molecule has 1 aromatic heterocycles. The lowest BCUT2D eigenvalue weighted by atomic mass is 10.2. The van der Waals surface area contributed by atoms with E-state index in [1.807, 2.05) is 42.5 Å². The van der Waals surface area contributed by atoms with Gasteiger partial charge in [0.05, 0.1) is 0 Å². The van der Waals surface area contributed by atoms with Crippen LogP contribution in [0.3, 0.4) is 0 Å². The number of aromatic nitrogens is 2. The average molecular weight is 286 g/mol. The summed E-state index contributed by atoms with van der Waals surface area (Å²) in [7, 11) is 0. The number of anilines is 1. The fourth-order valence-electron chi connectivity index (χ4n) is 1.79. The van der Waals surface area contributed by atoms with Gasteiger partial charge in [0, 0.05) is 17.1 Å². The van der Waals surface area contributed by atoms with Gasteiger partial charge in [-0.3, -0.25) is 0 Å². The lowest BCUT2D eigenvalue weighted by molar-refractivity contribution is 0.432. The van der Waals surface area contributed by atoms with E-state index >= 15 is 0 Å². The minimum atomic E-state index is 0.402. The highest BCUT2D eigenvalue weighted by atomic mass is 35.5. The number of nitrogens with zero attached hydrogens (tertiary/aromatic N) is 2. The van der Waals surface area contributed by atoms with Gasteiger partial charge < -0.3 is 9.84 Å². The number of hydrogen-bond donors (Lipinski definition) is 1. The third-order valence-corrected chi connectivity index (χ3v) is 3.07. The SMILES string of the molecule is Clc1ccc(-c2noc(NCc3ccccc3)n2)cc1. The van der Waals surface area contributed by atoms with Crippen molar-refractivity contribution in [2.45, 2.75) is 6.54 Å².